The fourth-order valence-corrected chi connectivity index (χ4v) is 13.4. The van der Waals surface area contributed by atoms with Gasteiger partial charge in [0, 0.05) is 49.6 Å². The number of carbonyl (C=O) groups excluding carboxylic acids is 8. The molecule has 7 N–H and O–H groups in total. The van der Waals surface area contributed by atoms with Crippen LogP contribution in [0.3, 0.4) is 0 Å². The maximum atomic E-state index is 14.5. The van der Waals surface area contributed by atoms with E-state index in [4.69, 9.17) is 9.97 Å². The van der Waals surface area contributed by atoms with Crippen molar-refractivity contribution >= 4 is 79.8 Å². The van der Waals surface area contributed by atoms with Crippen LogP contribution in [0.2, 0.25) is 0 Å². The average molecular weight is 1150 g/mol. The molecule has 4 aliphatic rings. The Kier molecular flexibility index (Phi) is 21.0. The van der Waals surface area contributed by atoms with Crippen LogP contribution in [0.4, 0.5) is 10.0 Å². The van der Waals surface area contributed by atoms with E-state index < -0.39 is 53.2 Å². The molecule has 4 heterocycles. The Morgan fingerprint density at radius 2 is 1.02 bits per heavy atom. The highest BCUT2D eigenvalue weighted by Gasteiger charge is 2.43. The molecule has 0 spiro atoms. The van der Waals surface area contributed by atoms with Gasteiger partial charge in [0.1, 0.15) is 45.3 Å². The lowest BCUT2D eigenvalue weighted by molar-refractivity contribution is -0.144. The first-order valence-corrected chi connectivity index (χ1v) is 30.7. The number of nitrogens with zero attached hydrogens (tertiary/aromatic N) is 4. The summed E-state index contributed by atoms with van der Waals surface area (Å²) in [6.45, 7) is 8.40. The number of likely N-dealkylation sites (N-methyl/N-ethyl adjacent to an activating group) is 2. The third-order valence-electron chi connectivity index (χ3n) is 16.7. The summed E-state index contributed by atoms with van der Waals surface area (Å²) in [6, 6.07) is 15.3. The van der Waals surface area contributed by atoms with E-state index >= 15 is 0 Å². The largest absolute Gasteiger partial charge is 0.349 e. The van der Waals surface area contributed by atoms with E-state index in [0.29, 0.717) is 71.3 Å². The summed E-state index contributed by atoms with van der Waals surface area (Å²) in [6.07, 6.45) is 11.8. The summed E-state index contributed by atoms with van der Waals surface area (Å²) in [7, 11) is 3.43. The number of rotatable bonds is 23. The molecule has 436 valence electrons. The minimum atomic E-state index is -0.790. The van der Waals surface area contributed by atoms with E-state index in [2.05, 4.69) is 37.2 Å². The molecule has 21 heteroatoms. The second-order valence-electron chi connectivity index (χ2n) is 23.1. The van der Waals surface area contributed by atoms with Crippen LogP contribution in [0.15, 0.2) is 60.7 Å². The van der Waals surface area contributed by atoms with Crippen LogP contribution in [0.1, 0.15) is 144 Å². The summed E-state index contributed by atoms with van der Waals surface area (Å²) in [5, 5.41) is 22.0. The zero-order valence-corrected chi connectivity index (χ0v) is 49.3. The highest BCUT2D eigenvalue weighted by Crippen LogP contribution is 2.39. The lowest BCUT2D eigenvalue weighted by atomic mass is 9.76. The number of likely N-dealkylation sites (tertiary alicyclic amines) is 2. The van der Waals surface area contributed by atoms with Gasteiger partial charge in [-0.25, -0.2) is 9.97 Å². The van der Waals surface area contributed by atoms with Crippen molar-refractivity contribution in [1.82, 2.24) is 46.4 Å². The number of hydrogen-bond acceptors (Lipinski definition) is 14. The van der Waals surface area contributed by atoms with Crippen LogP contribution < -0.4 is 37.2 Å². The molecule has 2 aliphatic carbocycles. The molecule has 4 aromatic rings. The Morgan fingerprint density at radius 1 is 0.580 bits per heavy atom. The van der Waals surface area contributed by atoms with Gasteiger partial charge in [-0.2, -0.15) is 0 Å². The number of anilines is 2. The Balaban J connectivity index is 0.916. The summed E-state index contributed by atoms with van der Waals surface area (Å²) in [5.74, 6) is -2.87. The van der Waals surface area contributed by atoms with Crippen molar-refractivity contribution in [3.05, 3.63) is 70.7 Å². The molecule has 2 saturated heterocycles. The molecule has 0 radical (unpaired) electrons. The van der Waals surface area contributed by atoms with Crippen molar-refractivity contribution in [2.75, 3.05) is 50.9 Å². The molecule has 7 amide bonds. The van der Waals surface area contributed by atoms with Gasteiger partial charge in [0.05, 0.1) is 12.1 Å². The van der Waals surface area contributed by atoms with Gasteiger partial charge in [-0.15, -0.1) is 0 Å². The van der Waals surface area contributed by atoms with Gasteiger partial charge in [0.15, 0.2) is 10.0 Å². The molecule has 6 atom stereocenters. The molecule has 81 heavy (non-hydrogen) atoms. The standard InChI is InChI=1S/C60H81N11O8S2/c1-36(61-5)45(72)33-42(38-21-11-7-12-22-38)58(78)70-31-19-29-43(70)50(74)68-54-46(39-23-13-8-14-24-39)66-56(80-54)52(76)63-34-60(3,4)35-64-53(77)57-67-47(40-25-15-9-16-26-40)55(81-57)69-51(75)44-30-20-32-71(44)59(79)48(41-27-17-10-18-28-41)65-49(73)37(2)62-6/h8-9,13-16,23-26,36-38,41-44,48,61-62H,7,10-12,17-22,27-35H2,1-6H3,(H,63,76)(H,64,77)(H,65,73)(H,68,74)(H,69,75)/t36-,37-,42-,43-,44-,48-/m0/s1. The molecular weight excluding hydrogens is 1070 g/mol. The van der Waals surface area contributed by atoms with Crippen LogP contribution in [0, 0.1) is 23.2 Å². The molecule has 0 bridgehead atoms. The smallest absolute Gasteiger partial charge is 0.280 e. The minimum Gasteiger partial charge on any atom is -0.349 e. The first-order valence-electron chi connectivity index (χ1n) is 29.1. The number of benzene rings is 2. The summed E-state index contributed by atoms with van der Waals surface area (Å²) in [4.78, 5) is 125. The molecule has 19 nitrogen and oxygen atoms in total. The summed E-state index contributed by atoms with van der Waals surface area (Å²) >= 11 is 2.07. The molecule has 2 saturated carbocycles. The molecular formula is C60H81N11O8S2. The molecule has 4 fully saturated rings. The van der Waals surface area contributed by atoms with Crippen LogP contribution in [0.25, 0.3) is 22.5 Å². The lowest BCUT2D eigenvalue weighted by Crippen LogP contribution is -2.57. The fraction of sp³-hybridized carbons (Fsp3) is 0.567. The maximum Gasteiger partial charge on any atom is 0.280 e. The number of thiazole rings is 2. The molecule has 2 aromatic carbocycles. The van der Waals surface area contributed by atoms with Crippen molar-refractivity contribution in [1.29, 1.82) is 0 Å². The molecule has 2 aromatic heterocycles. The predicted octanol–water partition coefficient (Wildman–Crippen LogP) is 7.42. The topological polar surface area (TPSA) is 253 Å². The highest BCUT2D eigenvalue weighted by molar-refractivity contribution is 7.18. The van der Waals surface area contributed by atoms with Gasteiger partial charge < -0.3 is 47.0 Å². The average Bonchev–Trinajstić information content (AvgIpc) is 4.42. The van der Waals surface area contributed by atoms with Crippen molar-refractivity contribution in [2.24, 2.45) is 23.2 Å². The first-order chi connectivity index (χ1) is 39.0. The van der Waals surface area contributed by atoms with Crippen LogP contribution >= 0.6 is 22.7 Å². The van der Waals surface area contributed by atoms with Gasteiger partial charge in [0.25, 0.3) is 11.8 Å². The van der Waals surface area contributed by atoms with Gasteiger partial charge in [-0.1, -0.05) is 136 Å². The lowest BCUT2D eigenvalue weighted by Gasteiger charge is -2.35. The van der Waals surface area contributed by atoms with E-state index in [1.807, 2.05) is 74.5 Å². The number of nitrogens with one attached hydrogen (secondary N) is 7. The third-order valence-corrected chi connectivity index (χ3v) is 18.7. The number of Topliss-reactive ketones (excluding diaryl/α,β-unsaturated/α-hetero) is 1. The number of ketones is 1. The second kappa shape index (κ2) is 28.0. The second-order valence-corrected chi connectivity index (χ2v) is 25.1. The molecule has 0 unspecified atom stereocenters. The summed E-state index contributed by atoms with van der Waals surface area (Å²) in [5.41, 5.74) is 1.52. The minimum absolute atomic E-state index is 0.0175. The van der Waals surface area contributed by atoms with Gasteiger partial charge in [-0.05, 0) is 96.6 Å². The molecule has 8 rings (SSSR count). The van der Waals surface area contributed by atoms with Gasteiger partial charge in [-0.3, -0.25) is 38.4 Å². The number of hydrogen-bond donors (Lipinski definition) is 7. The first kappa shape index (κ1) is 60.7. The Hall–Kier alpha value is -6.42. The van der Waals surface area contributed by atoms with Crippen LogP contribution in [0.5, 0.6) is 0 Å². The SMILES string of the molecule is CN[C@@H](C)C(=O)C[C@H](C(=O)N1CCC[C@H]1C(=O)Nc1sc(C(=O)NCC(C)(C)CNC(=O)c2nc(-c3ccccc3)c(NC(=O)[C@@H]3CCCN3C(=O)[C@@H](NC(=O)[C@H](C)NC)C3CCCCC3)s2)nc1-c1ccccc1)C1CCCCC1. The number of amides is 7. The quantitative estimate of drug-likeness (QED) is 0.0383. The van der Waals surface area contributed by atoms with E-state index in [1.165, 1.54) is 0 Å². The fourth-order valence-electron chi connectivity index (χ4n) is 11.6. The zero-order chi connectivity index (χ0) is 57.8. The monoisotopic (exact) mass is 1150 g/mol. The van der Waals surface area contributed by atoms with Crippen molar-refractivity contribution in [3.8, 4) is 22.5 Å². The zero-order valence-electron chi connectivity index (χ0n) is 47.7. The summed E-state index contributed by atoms with van der Waals surface area (Å²) < 4.78 is 0. The number of aromatic nitrogens is 2. The predicted molar refractivity (Wildman–Crippen MR) is 316 cm³/mol. The Labute approximate surface area is 483 Å². The van der Waals surface area contributed by atoms with Gasteiger partial charge >= 0.3 is 0 Å². The van der Waals surface area contributed by atoms with E-state index in [9.17, 15) is 38.4 Å². The van der Waals surface area contributed by atoms with Crippen LogP contribution in [-0.2, 0) is 28.8 Å². The van der Waals surface area contributed by atoms with E-state index in [0.717, 1.165) is 86.9 Å². The normalized spacial score (nSPS) is 19.5. The number of carbonyl (C=O) groups is 8. The van der Waals surface area contributed by atoms with E-state index in [1.54, 1.807) is 37.7 Å². The van der Waals surface area contributed by atoms with Crippen molar-refractivity contribution in [2.45, 2.75) is 154 Å². The van der Waals surface area contributed by atoms with E-state index in [-0.39, 0.29) is 76.8 Å². The van der Waals surface area contributed by atoms with Gasteiger partial charge in [0.2, 0.25) is 29.5 Å². The Morgan fingerprint density at radius 3 is 1.48 bits per heavy atom. The maximum absolute atomic E-state index is 14.5. The molecule has 2 aliphatic heterocycles. The Bertz CT molecular complexity index is 2680. The van der Waals surface area contributed by atoms with Crippen molar-refractivity contribution in [3.63, 3.8) is 0 Å². The van der Waals surface area contributed by atoms with Crippen LogP contribution in [-0.4, -0.2) is 137 Å². The highest BCUT2D eigenvalue weighted by atomic mass is 32.1. The third kappa shape index (κ3) is 15.2. The van der Waals surface area contributed by atoms with Crippen molar-refractivity contribution < 1.29 is 38.4 Å².